The van der Waals surface area contributed by atoms with Gasteiger partial charge in [-0.2, -0.15) is 5.10 Å². The lowest BCUT2D eigenvalue weighted by Crippen LogP contribution is -2.39. The van der Waals surface area contributed by atoms with Crippen molar-refractivity contribution < 1.29 is 9.53 Å². The zero-order valence-electron chi connectivity index (χ0n) is 21.3. The number of aryl methyl sites for hydroxylation is 2. The smallest absolute Gasteiger partial charge is 0.244 e. The van der Waals surface area contributed by atoms with Gasteiger partial charge in [-0.1, -0.05) is 29.8 Å². The highest BCUT2D eigenvalue weighted by atomic mass is 35.5. The molecule has 1 aliphatic heterocycles. The van der Waals surface area contributed by atoms with Gasteiger partial charge in [-0.05, 0) is 68.8 Å². The van der Waals surface area contributed by atoms with Crippen molar-refractivity contribution in [1.29, 1.82) is 0 Å². The van der Waals surface area contributed by atoms with Gasteiger partial charge in [0.05, 0.1) is 17.3 Å². The Labute approximate surface area is 226 Å². The lowest BCUT2D eigenvalue weighted by atomic mass is 10.0. The highest BCUT2D eigenvalue weighted by molar-refractivity contribution is 7.98. The number of ether oxygens (including phenoxy) is 1. The van der Waals surface area contributed by atoms with Crippen LogP contribution in [0.3, 0.4) is 0 Å². The Morgan fingerprint density at radius 2 is 1.97 bits per heavy atom. The number of rotatable bonds is 8. The van der Waals surface area contributed by atoms with E-state index in [1.54, 1.807) is 16.4 Å². The molecule has 0 spiro atoms. The van der Waals surface area contributed by atoms with Crippen LogP contribution in [-0.4, -0.2) is 56.1 Å². The molecule has 192 valence electrons. The summed E-state index contributed by atoms with van der Waals surface area (Å²) < 4.78 is 7.58. The van der Waals surface area contributed by atoms with E-state index in [2.05, 4.69) is 40.6 Å². The van der Waals surface area contributed by atoms with Crippen molar-refractivity contribution in [3.8, 4) is 11.3 Å². The van der Waals surface area contributed by atoms with E-state index in [1.807, 2.05) is 43.0 Å². The topological polar surface area (TPSA) is 73.1 Å². The van der Waals surface area contributed by atoms with Gasteiger partial charge in [0.25, 0.3) is 0 Å². The SMILES string of the molecule is CSc1ccc2cc(CN(CC3CCCO3)C(=O)Cn3nc(C)nc3C)c(-c3ccc(Cl)cc3)nc2c1. The van der Waals surface area contributed by atoms with Crippen molar-refractivity contribution in [2.24, 2.45) is 0 Å². The molecule has 2 aromatic heterocycles. The highest BCUT2D eigenvalue weighted by Crippen LogP contribution is 2.30. The summed E-state index contributed by atoms with van der Waals surface area (Å²) in [4.78, 5) is 26.1. The first kappa shape index (κ1) is 25.7. The Hall–Kier alpha value is -2.94. The Kier molecular flexibility index (Phi) is 7.79. The molecule has 1 amide bonds. The molecule has 4 aromatic rings. The fourth-order valence-electron chi connectivity index (χ4n) is 4.73. The van der Waals surface area contributed by atoms with Gasteiger partial charge < -0.3 is 9.64 Å². The first-order valence-electron chi connectivity index (χ1n) is 12.4. The zero-order valence-corrected chi connectivity index (χ0v) is 22.8. The van der Waals surface area contributed by atoms with Gasteiger partial charge in [0.2, 0.25) is 5.91 Å². The molecular formula is C28H30ClN5O2S. The molecule has 1 unspecified atom stereocenters. The molecule has 0 aliphatic carbocycles. The fraction of sp³-hybridized carbons (Fsp3) is 0.357. The molecule has 3 heterocycles. The van der Waals surface area contributed by atoms with Crippen molar-refractivity contribution in [3.05, 3.63) is 70.8 Å². The Bertz CT molecular complexity index is 1420. The van der Waals surface area contributed by atoms with Gasteiger partial charge in [-0.25, -0.2) is 14.6 Å². The normalized spacial score (nSPS) is 15.4. The molecule has 5 rings (SSSR count). The van der Waals surface area contributed by atoms with Gasteiger partial charge in [0.15, 0.2) is 0 Å². The average molecular weight is 536 g/mol. The monoisotopic (exact) mass is 535 g/mol. The molecule has 37 heavy (non-hydrogen) atoms. The number of amides is 1. The second kappa shape index (κ2) is 11.2. The molecule has 0 N–H and O–H groups in total. The van der Waals surface area contributed by atoms with E-state index in [4.69, 9.17) is 21.3 Å². The summed E-state index contributed by atoms with van der Waals surface area (Å²) in [6.45, 7) is 5.50. The predicted octanol–water partition coefficient (Wildman–Crippen LogP) is 5.69. The van der Waals surface area contributed by atoms with Gasteiger partial charge in [0.1, 0.15) is 18.2 Å². The van der Waals surface area contributed by atoms with Crippen LogP contribution in [-0.2, 0) is 22.6 Å². The Balaban J connectivity index is 1.54. The molecule has 0 bridgehead atoms. The number of halogens is 1. The molecule has 1 atom stereocenters. The van der Waals surface area contributed by atoms with Crippen molar-refractivity contribution in [2.75, 3.05) is 19.4 Å². The van der Waals surface area contributed by atoms with Crippen LogP contribution < -0.4 is 0 Å². The predicted molar refractivity (Wildman–Crippen MR) is 148 cm³/mol. The largest absolute Gasteiger partial charge is 0.376 e. The van der Waals surface area contributed by atoms with Crippen molar-refractivity contribution in [3.63, 3.8) is 0 Å². The summed E-state index contributed by atoms with van der Waals surface area (Å²) in [5.41, 5.74) is 3.71. The number of carbonyl (C=O) groups is 1. The van der Waals surface area contributed by atoms with Gasteiger partial charge >= 0.3 is 0 Å². The lowest BCUT2D eigenvalue weighted by molar-refractivity contribution is -0.134. The Morgan fingerprint density at radius 3 is 2.65 bits per heavy atom. The van der Waals surface area contributed by atoms with E-state index in [9.17, 15) is 4.79 Å². The first-order chi connectivity index (χ1) is 17.9. The number of hydrogen-bond acceptors (Lipinski definition) is 6. The van der Waals surface area contributed by atoms with E-state index in [1.165, 1.54) is 0 Å². The summed E-state index contributed by atoms with van der Waals surface area (Å²) in [6, 6.07) is 16.2. The van der Waals surface area contributed by atoms with E-state index in [-0.39, 0.29) is 18.6 Å². The second-order valence-corrected chi connectivity index (χ2v) is 10.7. The average Bonchev–Trinajstić information content (AvgIpc) is 3.52. The molecule has 7 nitrogen and oxygen atoms in total. The van der Waals surface area contributed by atoms with Crippen LogP contribution in [0, 0.1) is 13.8 Å². The molecule has 1 aliphatic rings. The summed E-state index contributed by atoms with van der Waals surface area (Å²) in [7, 11) is 0. The third-order valence-corrected chi connectivity index (χ3v) is 7.61. The zero-order chi connectivity index (χ0) is 25.9. The minimum absolute atomic E-state index is 0.0246. The van der Waals surface area contributed by atoms with Gasteiger partial charge in [-0.15, -0.1) is 11.8 Å². The van der Waals surface area contributed by atoms with Gasteiger partial charge in [0, 0.05) is 40.6 Å². The third-order valence-electron chi connectivity index (χ3n) is 6.63. The van der Waals surface area contributed by atoms with Crippen molar-refractivity contribution >= 4 is 40.2 Å². The minimum Gasteiger partial charge on any atom is -0.376 e. The number of hydrogen-bond donors (Lipinski definition) is 0. The number of pyridine rings is 1. The summed E-state index contributed by atoms with van der Waals surface area (Å²) in [5, 5.41) is 6.11. The van der Waals surface area contributed by atoms with Crippen LogP contribution in [0.4, 0.5) is 0 Å². The van der Waals surface area contributed by atoms with E-state index >= 15 is 0 Å². The third kappa shape index (κ3) is 5.98. The minimum atomic E-state index is -0.0246. The maximum atomic E-state index is 13.6. The van der Waals surface area contributed by atoms with Crippen LogP contribution in [0.1, 0.15) is 30.1 Å². The van der Waals surface area contributed by atoms with Crippen LogP contribution in [0.5, 0.6) is 0 Å². The number of fused-ring (bicyclic) bond motifs is 1. The van der Waals surface area contributed by atoms with E-state index in [0.717, 1.165) is 57.9 Å². The molecule has 0 saturated carbocycles. The van der Waals surface area contributed by atoms with E-state index < -0.39 is 0 Å². The second-order valence-electron chi connectivity index (χ2n) is 9.33. The molecule has 9 heteroatoms. The van der Waals surface area contributed by atoms with Crippen LogP contribution in [0.15, 0.2) is 53.4 Å². The lowest BCUT2D eigenvalue weighted by Gasteiger charge is -2.27. The number of aromatic nitrogens is 4. The number of thioether (sulfide) groups is 1. The summed E-state index contributed by atoms with van der Waals surface area (Å²) >= 11 is 7.87. The van der Waals surface area contributed by atoms with Crippen molar-refractivity contribution in [2.45, 2.75) is 50.8 Å². The molecule has 1 fully saturated rings. The first-order valence-corrected chi connectivity index (χ1v) is 14.0. The number of benzene rings is 2. The highest BCUT2D eigenvalue weighted by Gasteiger charge is 2.25. The molecule has 0 radical (unpaired) electrons. The standard InChI is InChI=1S/C28H30ClN5O2S/c1-18-30-19(2)34(32-18)17-27(35)33(16-24-5-4-12-36-24)15-22-13-21-8-11-25(37-3)14-26(21)31-28(22)20-6-9-23(29)10-7-20/h6-11,13-14,24H,4-5,12,15-17H2,1-3H3. The number of carbonyl (C=O) groups excluding carboxylic acids is 1. The fourth-order valence-corrected chi connectivity index (χ4v) is 5.29. The van der Waals surface area contributed by atoms with Crippen LogP contribution in [0.2, 0.25) is 5.02 Å². The van der Waals surface area contributed by atoms with Crippen LogP contribution >= 0.6 is 23.4 Å². The Morgan fingerprint density at radius 1 is 1.16 bits per heavy atom. The summed E-state index contributed by atoms with van der Waals surface area (Å²) in [5.74, 6) is 1.36. The van der Waals surface area contributed by atoms with Crippen molar-refractivity contribution in [1.82, 2.24) is 24.6 Å². The molecule has 1 saturated heterocycles. The maximum absolute atomic E-state index is 13.6. The number of nitrogens with zero attached hydrogens (tertiary/aromatic N) is 5. The summed E-state index contributed by atoms with van der Waals surface area (Å²) in [6.07, 6.45) is 4.05. The molecular weight excluding hydrogens is 506 g/mol. The molecule has 2 aromatic carbocycles. The maximum Gasteiger partial charge on any atom is 0.244 e. The van der Waals surface area contributed by atoms with E-state index in [0.29, 0.717) is 23.9 Å². The van der Waals surface area contributed by atoms with Gasteiger partial charge in [-0.3, -0.25) is 4.79 Å². The quantitative estimate of drug-likeness (QED) is 0.270. The van der Waals surface area contributed by atoms with Crippen LogP contribution in [0.25, 0.3) is 22.2 Å².